The summed E-state index contributed by atoms with van der Waals surface area (Å²) in [5.41, 5.74) is 3.90. The van der Waals surface area contributed by atoms with Crippen LogP contribution in [0.5, 0.6) is 0 Å². The third kappa shape index (κ3) is 3.22. The first-order valence-corrected chi connectivity index (χ1v) is 9.20. The molecule has 1 N–H and O–H groups in total. The minimum Gasteiger partial charge on any atom is -0.306 e. The minimum absolute atomic E-state index is 0.396. The van der Waals surface area contributed by atoms with Crippen LogP contribution in [0.2, 0.25) is 0 Å². The van der Waals surface area contributed by atoms with Gasteiger partial charge in [-0.15, -0.1) is 0 Å². The third-order valence-electron chi connectivity index (χ3n) is 4.64. The van der Waals surface area contributed by atoms with Gasteiger partial charge in [-0.05, 0) is 46.8 Å². The predicted molar refractivity (Wildman–Crippen MR) is 88.5 cm³/mol. The lowest BCUT2D eigenvalue weighted by atomic mass is 9.93. The van der Waals surface area contributed by atoms with E-state index in [-0.39, 0.29) is 0 Å². The van der Waals surface area contributed by atoms with E-state index < -0.39 is 0 Å². The molecule has 0 bridgehead atoms. The molecule has 4 heteroatoms. The Morgan fingerprint density at radius 1 is 1.35 bits per heavy atom. The second-order valence-electron chi connectivity index (χ2n) is 5.95. The van der Waals surface area contributed by atoms with Gasteiger partial charge in [-0.3, -0.25) is 4.68 Å². The summed E-state index contributed by atoms with van der Waals surface area (Å²) in [5, 5.41) is 9.31. The first kappa shape index (κ1) is 15.9. The standard InChI is InChI=1S/C16H29N3S/c1-6-19-13(4)16(12(3)18-19)11(2)17-14-9-7-8-10-15(14)20-5/h11,14-15,17H,6-10H2,1-5H3. The minimum atomic E-state index is 0.396. The highest BCUT2D eigenvalue weighted by atomic mass is 32.2. The summed E-state index contributed by atoms with van der Waals surface area (Å²) in [5.74, 6) is 0. The number of nitrogens with one attached hydrogen (secondary N) is 1. The van der Waals surface area contributed by atoms with Crippen molar-refractivity contribution >= 4 is 11.8 Å². The van der Waals surface area contributed by atoms with Crippen molar-refractivity contribution in [3.63, 3.8) is 0 Å². The Hall–Kier alpha value is -0.480. The predicted octanol–water partition coefficient (Wildman–Crippen LogP) is 3.84. The van der Waals surface area contributed by atoms with Gasteiger partial charge in [-0.2, -0.15) is 16.9 Å². The topological polar surface area (TPSA) is 29.9 Å². The van der Waals surface area contributed by atoms with Crippen LogP contribution in [0.4, 0.5) is 0 Å². The summed E-state index contributed by atoms with van der Waals surface area (Å²) in [4.78, 5) is 0. The molecule has 0 amide bonds. The van der Waals surface area contributed by atoms with Gasteiger partial charge in [-0.1, -0.05) is 12.8 Å². The number of aromatic nitrogens is 2. The van der Waals surface area contributed by atoms with Crippen molar-refractivity contribution in [2.45, 2.75) is 77.3 Å². The van der Waals surface area contributed by atoms with E-state index in [0.29, 0.717) is 12.1 Å². The second kappa shape index (κ2) is 6.99. The summed E-state index contributed by atoms with van der Waals surface area (Å²) in [6, 6.07) is 1.05. The van der Waals surface area contributed by atoms with Gasteiger partial charge in [0.1, 0.15) is 0 Å². The van der Waals surface area contributed by atoms with Gasteiger partial charge in [0.15, 0.2) is 0 Å². The maximum atomic E-state index is 4.65. The molecule has 3 nitrogen and oxygen atoms in total. The zero-order valence-corrected chi connectivity index (χ0v) is 14.4. The normalized spacial score (nSPS) is 24.9. The van der Waals surface area contributed by atoms with Crippen molar-refractivity contribution in [3.8, 4) is 0 Å². The molecular weight excluding hydrogens is 266 g/mol. The quantitative estimate of drug-likeness (QED) is 0.895. The molecule has 3 atom stereocenters. The largest absolute Gasteiger partial charge is 0.306 e. The molecule has 0 radical (unpaired) electrons. The highest BCUT2D eigenvalue weighted by Gasteiger charge is 2.27. The molecule has 114 valence electrons. The van der Waals surface area contributed by atoms with Crippen LogP contribution in [-0.2, 0) is 6.54 Å². The average Bonchev–Trinajstić information content (AvgIpc) is 2.73. The van der Waals surface area contributed by atoms with Crippen molar-refractivity contribution < 1.29 is 0 Å². The Balaban J connectivity index is 2.11. The number of rotatable bonds is 5. The van der Waals surface area contributed by atoms with Crippen LogP contribution in [-0.4, -0.2) is 27.3 Å². The van der Waals surface area contributed by atoms with E-state index in [9.17, 15) is 0 Å². The Morgan fingerprint density at radius 3 is 2.65 bits per heavy atom. The number of hydrogen-bond acceptors (Lipinski definition) is 3. The van der Waals surface area contributed by atoms with Crippen molar-refractivity contribution in [2.75, 3.05) is 6.26 Å². The van der Waals surface area contributed by atoms with E-state index in [2.05, 4.69) is 49.0 Å². The lowest BCUT2D eigenvalue weighted by Gasteiger charge is -2.33. The Kier molecular flexibility index (Phi) is 5.56. The van der Waals surface area contributed by atoms with Crippen LogP contribution in [0.1, 0.15) is 62.5 Å². The Bertz CT molecular complexity index is 441. The highest BCUT2D eigenvalue weighted by molar-refractivity contribution is 7.99. The molecular formula is C16H29N3S. The summed E-state index contributed by atoms with van der Waals surface area (Å²) in [6.07, 6.45) is 7.69. The van der Waals surface area contributed by atoms with Gasteiger partial charge in [0, 0.05) is 35.1 Å². The van der Waals surface area contributed by atoms with Gasteiger partial charge in [0.25, 0.3) is 0 Å². The van der Waals surface area contributed by atoms with Crippen LogP contribution in [0.3, 0.4) is 0 Å². The molecule has 1 aliphatic carbocycles. The van der Waals surface area contributed by atoms with E-state index in [1.165, 1.54) is 42.6 Å². The number of nitrogens with zero attached hydrogens (tertiary/aromatic N) is 2. The molecule has 1 fully saturated rings. The smallest absolute Gasteiger partial charge is 0.0644 e. The van der Waals surface area contributed by atoms with E-state index >= 15 is 0 Å². The van der Waals surface area contributed by atoms with Crippen molar-refractivity contribution in [2.24, 2.45) is 0 Å². The van der Waals surface area contributed by atoms with Gasteiger partial charge >= 0.3 is 0 Å². The number of thioether (sulfide) groups is 1. The molecule has 0 saturated heterocycles. The lowest BCUT2D eigenvalue weighted by Crippen LogP contribution is -2.41. The summed E-state index contributed by atoms with van der Waals surface area (Å²) >= 11 is 2.03. The SMILES string of the molecule is CCn1nc(C)c(C(C)NC2CCCCC2SC)c1C. The zero-order valence-electron chi connectivity index (χ0n) is 13.6. The Labute approximate surface area is 127 Å². The van der Waals surface area contributed by atoms with Gasteiger partial charge < -0.3 is 5.32 Å². The summed E-state index contributed by atoms with van der Waals surface area (Å²) < 4.78 is 2.12. The molecule has 3 unspecified atom stereocenters. The number of aryl methyl sites for hydroxylation is 2. The fraction of sp³-hybridized carbons (Fsp3) is 0.812. The molecule has 0 aromatic carbocycles. The van der Waals surface area contributed by atoms with E-state index in [0.717, 1.165) is 11.8 Å². The first-order valence-electron chi connectivity index (χ1n) is 7.91. The van der Waals surface area contributed by atoms with Gasteiger partial charge in [0.05, 0.1) is 5.69 Å². The maximum absolute atomic E-state index is 4.65. The molecule has 1 aliphatic rings. The molecule has 1 saturated carbocycles. The van der Waals surface area contributed by atoms with Crippen LogP contribution in [0.25, 0.3) is 0 Å². The van der Waals surface area contributed by atoms with Crippen LogP contribution >= 0.6 is 11.8 Å². The highest BCUT2D eigenvalue weighted by Crippen LogP contribution is 2.30. The van der Waals surface area contributed by atoms with Crippen LogP contribution in [0, 0.1) is 13.8 Å². The van der Waals surface area contributed by atoms with E-state index in [4.69, 9.17) is 0 Å². The zero-order chi connectivity index (χ0) is 14.7. The Morgan fingerprint density at radius 2 is 2.05 bits per heavy atom. The molecule has 1 aromatic rings. The molecule has 0 spiro atoms. The average molecular weight is 295 g/mol. The van der Waals surface area contributed by atoms with Crippen LogP contribution < -0.4 is 5.32 Å². The third-order valence-corrected chi connectivity index (χ3v) is 5.81. The maximum Gasteiger partial charge on any atom is 0.0644 e. The second-order valence-corrected chi connectivity index (χ2v) is 7.03. The van der Waals surface area contributed by atoms with Crippen LogP contribution in [0.15, 0.2) is 0 Å². The lowest BCUT2D eigenvalue weighted by molar-refractivity contribution is 0.355. The van der Waals surface area contributed by atoms with Crippen molar-refractivity contribution in [3.05, 3.63) is 17.0 Å². The van der Waals surface area contributed by atoms with Crippen molar-refractivity contribution in [1.82, 2.24) is 15.1 Å². The monoisotopic (exact) mass is 295 g/mol. The molecule has 20 heavy (non-hydrogen) atoms. The number of hydrogen-bond donors (Lipinski definition) is 1. The van der Waals surface area contributed by atoms with E-state index in [1.54, 1.807) is 0 Å². The van der Waals surface area contributed by atoms with E-state index in [1.807, 2.05) is 11.8 Å². The molecule has 2 rings (SSSR count). The van der Waals surface area contributed by atoms with Gasteiger partial charge in [0.2, 0.25) is 0 Å². The van der Waals surface area contributed by atoms with Crippen molar-refractivity contribution in [1.29, 1.82) is 0 Å². The summed E-state index contributed by atoms with van der Waals surface area (Å²) in [7, 11) is 0. The molecule has 1 heterocycles. The summed E-state index contributed by atoms with van der Waals surface area (Å²) in [6.45, 7) is 9.75. The fourth-order valence-electron chi connectivity index (χ4n) is 3.62. The molecule has 1 aromatic heterocycles. The molecule has 0 aliphatic heterocycles. The first-order chi connectivity index (χ1) is 9.58. The van der Waals surface area contributed by atoms with Gasteiger partial charge in [-0.25, -0.2) is 0 Å². The fourth-order valence-corrected chi connectivity index (χ4v) is 4.56.